The normalized spacial score (nSPS) is 23.0. The molecule has 0 spiro atoms. The molecule has 0 aliphatic carbocycles. The van der Waals surface area contributed by atoms with Crippen LogP contribution in [-0.4, -0.2) is 45.6 Å². The van der Waals surface area contributed by atoms with Gasteiger partial charge in [-0.15, -0.1) is 11.3 Å². The Morgan fingerprint density at radius 3 is 2.56 bits per heavy atom. The molecule has 0 radical (unpaired) electrons. The number of aromatic nitrogens is 1. The highest BCUT2D eigenvalue weighted by Crippen LogP contribution is 2.51. The Hall–Kier alpha value is -1.96. The number of aliphatic carboxylic acids is 1. The van der Waals surface area contributed by atoms with Gasteiger partial charge in [0.25, 0.3) is 5.91 Å². The molecule has 186 valence electrons. The van der Waals surface area contributed by atoms with E-state index in [-0.39, 0.29) is 23.2 Å². The number of benzene rings is 1. The van der Waals surface area contributed by atoms with Crippen molar-refractivity contribution in [2.45, 2.75) is 71.4 Å². The van der Waals surface area contributed by atoms with Crippen LogP contribution < -0.4 is 0 Å². The number of carbonyl (C=O) groups is 2. The van der Waals surface area contributed by atoms with E-state index < -0.39 is 17.6 Å². The molecule has 1 aliphatic heterocycles. The molecule has 1 amide bonds. The van der Waals surface area contributed by atoms with E-state index in [2.05, 4.69) is 25.8 Å². The maximum absolute atomic E-state index is 14.1. The Morgan fingerprint density at radius 2 is 2.06 bits per heavy atom. The second kappa shape index (κ2) is 10.3. The number of nitrogens with zero attached hydrogens (tertiary/aromatic N) is 2. The number of hydrogen-bond donors (Lipinski definition) is 1. The standard InChI is InChI=1S/C26H35ClN2O4S/c1-7-33-15-18-14-26(24(31)32,13-16(2)3)29(21(18)22-28-10-11-34-22)23(30)17-8-9-19(20(27)12-17)25(4,5)6/h8-12,16,18,21H,7,13-15H2,1-6H3,(H,31,32)/t18-,21-,26+/m1/s1. The molecule has 3 atom stereocenters. The summed E-state index contributed by atoms with van der Waals surface area (Å²) in [6, 6.07) is 4.80. The summed E-state index contributed by atoms with van der Waals surface area (Å²) in [4.78, 5) is 33.1. The van der Waals surface area contributed by atoms with E-state index in [1.807, 2.05) is 32.2 Å². The van der Waals surface area contributed by atoms with Crippen molar-refractivity contribution in [1.82, 2.24) is 9.88 Å². The summed E-state index contributed by atoms with van der Waals surface area (Å²) in [7, 11) is 0. The van der Waals surface area contributed by atoms with Gasteiger partial charge in [-0.05, 0) is 48.8 Å². The van der Waals surface area contributed by atoms with Gasteiger partial charge in [-0.2, -0.15) is 0 Å². The Balaban J connectivity index is 2.17. The zero-order valence-electron chi connectivity index (χ0n) is 20.8. The topological polar surface area (TPSA) is 79.7 Å². The van der Waals surface area contributed by atoms with Gasteiger partial charge in [0.2, 0.25) is 0 Å². The van der Waals surface area contributed by atoms with Crippen LogP contribution in [0.5, 0.6) is 0 Å². The Labute approximate surface area is 211 Å². The van der Waals surface area contributed by atoms with Crippen LogP contribution in [0.2, 0.25) is 5.02 Å². The van der Waals surface area contributed by atoms with E-state index in [0.29, 0.717) is 36.6 Å². The predicted octanol–water partition coefficient (Wildman–Crippen LogP) is 6.20. The average molecular weight is 507 g/mol. The fraction of sp³-hybridized carbons (Fsp3) is 0.577. The third kappa shape index (κ3) is 5.16. The predicted molar refractivity (Wildman–Crippen MR) is 136 cm³/mol. The van der Waals surface area contributed by atoms with Gasteiger partial charge in [0.15, 0.2) is 0 Å². The summed E-state index contributed by atoms with van der Waals surface area (Å²) < 4.78 is 5.75. The SMILES string of the molecule is CCOC[C@H]1C[C@@](CC(C)C)(C(=O)O)N(C(=O)c2ccc(C(C)(C)C)c(Cl)c2)[C@H]1c1nccs1. The van der Waals surface area contributed by atoms with E-state index in [1.54, 1.807) is 23.2 Å². The van der Waals surface area contributed by atoms with Crippen LogP contribution in [0.3, 0.4) is 0 Å². The minimum absolute atomic E-state index is 0.0704. The van der Waals surface area contributed by atoms with Crippen LogP contribution in [0.15, 0.2) is 29.8 Å². The first-order chi connectivity index (χ1) is 15.9. The number of carbonyl (C=O) groups excluding carboxylic acids is 1. The van der Waals surface area contributed by atoms with Crippen molar-refractivity contribution >= 4 is 34.8 Å². The van der Waals surface area contributed by atoms with Crippen LogP contribution in [0, 0.1) is 11.8 Å². The summed E-state index contributed by atoms with van der Waals surface area (Å²) in [6.07, 6.45) is 2.34. The van der Waals surface area contributed by atoms with Gasteiger partial charge in [-0.3, -0.25) is 4.79 Å². The third-order valence-electron chi connectivity index (χ3n) is 6.41. The molecule has 1 N–H and O–H groups in total. The van der Waals surface area contributed by atoms with Crippen LogP contribution in [0.4, 0.5) is 0 Å². The van der Waals surface area contributed by atoms with Gasteiger partial charge in [0.05, 0.1) is 12.6 Å². The molecule has 1 saturated heterocycles. The Bertz CT molecular complexity index is 1020. The largest absolute Gasteiger partial charge is 0.479 e. The fourth-order valence-electron chi connectivity index (χ4n) is 5.08. The van der Waals surface area contributed by atoms with Crippen LogP contribution in [0.25, 0.3) is 0 Å². The zero-order chi connectivity index (χ0) is 25.3. The first-order valence-electron chi connectivity index (χ1n) is 11.8. The summed E-state index contributed by atoms with van der Waals surface area (Å²) in [5.41, 5.74) is -0.227. The number of amides is 1. The minimum atomic E-state index is -1.36. The van der Waals surface area contributed by atoms with E-state index >= 15 is 0 Å². The van der Waals surface area contributed by atoms with Crippen molar-refractivity contribution in [2.24, 2.45) is 11.8 Å². The average Bonchev–Trinajstić information content (AvgIpc) is 3.36. The van der Waals surface area contributed by atoms with E-state index in [1.165, 1.54) is 11.3 Å². The van der Waals surface area contributed by atoms with Gasteiger partial charge in [-0.25, -0.2) is 9.78 Å². The molecule has 0 bridgehead atoms. The maximum atomic E-state index is 14.1. The van der Waals surface area contributed by atoms with Gasteiger partial charge in [-0.1, -0.05) is 52.3 Å². The molecule has 0 unspecified atom stereocenters. The fourth-order valence-corrected chi connectivity index (χ4v) is 6.37. The summed E-state index contributed by atoms with van der Waals surface area (Å²) in [5, 5.41) is 13.6. The molecule has 1 aromatic carbocycles. The molecule has 2 aromatic rings. The number of rotatable bonds is 8. The highest BCUT2D eigenvalue weighted by Gasteiger charge is 2.59. The van der Waals surface area contributed by atoms with Gasteiger partial charge < -0.3 is 14.7 Å². The molecule has 8 heteroatoms. The van der Waals surface area contributed by atoms with E-state index in [9.17, 15) is 14.7 Å². The minimum Gasteiger partial charge on any atom is -0.479 e. The Morgan fingerprint density at radius 1 is 1.35 bits per heavy atom. The number of halogens is 1. The van der Waals surface area contributed by atoms with Crippen LogP contribution in [-0.2, 0) is 14.9 Å². The quantitative estimate of drug-likeness (QED) is 0.460. The highest BCUT2D eigenvalue weighted by atomic mass is 35.5. The molecule has 1 fully saturated rings. The summed E-state index contributed by atoms with van der Waals surface area (Å²) in [5.74, 6) is -1.45. The van der Waals surface area contributed by atoms with Crippen molar-refractivity contribution in [3.63, 3.8) is 0 Å². The van der Waals surface area contributed by atoms with Crippen LogP contribution >= 0.6 is 22.9 Å². The number of carboxylic acid groups (broad SMARTS) is 1. The number of hydrogen-bond acceptors (Lipinski definition) is 5. The molecular weight excluding hydrogens is 472 g/mol. The van der Waals surface area contributed by atoms with Gasteiger partial charge in [0, 0.05) is 34.7 Å². The number of thiazole rings is 1. The first-order valence-corrected chi connectivity index (χ1v) is 13.0. The van der Waals surface area contributed by atoms with Crippen molar-refractivity contribution in [1.29, 1.82) is 0 Å². The number of carboxylic acids is 1. The highest BCUT2D eigenvalue weighted by molar-refractivity contribution is 7.09. The monoisotopic (exact) mass is 506 g/mol. The molecule has 1 aromatic heterocycles. The number of likely N-dealkylation sites (tertiary alicyclic amines) is 1. The van der Waals surface area contributed by atoms with Crippen LogP contribution in [0.1, 0.15) is 81.4 Å². The lowest BCUT2D eigenvalue weighted by atomic mass is 9.83. The first kappa shape index (κ1) is 26.6. The molecule has 34 heavy (non-hydrogen) atoms. The number of ether oxygens (including phenoxy) is 1. The molecule has 1 aliphatic rings. The lowest BCUT2D eigenvalue weighted by molar-refractivity contribution is -0.150. The molecule has 0 saturated carbocycles. The van der Waals surface area contributed by atoms with E-state index in [4.69, 9.17) is 16.3 Å². The van der Waals surface area contributed by atoms with Crippen molar-refractivity contribution in [3.05, 3.63) is 50.9 Å². The molecular formula is C26H35ClN2O4S. The second-order valence-electron chi connectivity index (χ2n) is 10.5. The zero-order valence-corrected chi connectivity index (χ0v) is 22.4. The summed E-state index contributed by atoms with van der Waals surface area (Å²) >= 11 is 8.03. The van der Waals surface area contributed by atoms with E-state index in [0.717, 1.165) is 10.6 Å². The maximum Gasteiger partial charge on any atom is 0.329 e. The second-order valence-corrected chi connectivity index (χ2v) is 11.8. The lowest BCUT2D eigenvalue weighted by Crippen LogP contribution is -2.54. The molecule has 3 rings (SSSR count). The van der Waals surface area contributed by atoms with Gasteiger partial charge >= 0.3 is 5.97 Å². The van der Waals surface area contributed by atoms with Crippen molar-refractivity contribution < 1.29 is 19.4 Å². The van der Waals surface area contributed by atoms with Crippen molar-refractivity contribution in [3.8, 4) is 0 Å². The molecule has 2 heterocycles. The smallest absolute Gasteiger partial charge is 0.329 e. The third-order valence-corrected chi connectivity index (χ3v) is 7.57. The van der Waals surface area contributed by atoms with Gasteiger partial charge in [0.1, 0.15) is 10.5 Å². The Kier molecular flexibility index (Phi) is 8.10. The summed E-state index contributed by atoms with van der Waals surface area (Å²) in [6.45, 7) is 12.9. The molecule has 6 nitrogen and oxygen atoms in total. The van der Waals surface area contributed by atoms with Crippen molar-refractivity contribution in [2.75, 3.05) is 13.2 Å². The lowest BCUT2D eigenvalue weighted by Gasteiger charge is -2.39.